The van der Waals surface area contributed by atoms with Gasteiger partial charge < -0.3 is 9.64 Å². The summed E-state index contributed by atoms with van der Waals surface area (Å²) in [5, 5.41) is 0. The molecule has 0 bridgehead atoms. The van der Waals surface area contributed by atoms with Crippen LogP contribution >= 0.6 is 0 Å². The van der Waals surface area contributed by atoms with Crippen molar-refractivity contribution in [3.05, 3.63) is 29.8 Å². The Bertz CT molecular complexity index is 441. The molecule has 1 aromatic carbocycles. The number of rotatable bonds is 2. The zero-order valence-corrected chi connectivity index (χ0v) is 13.6. The van der Waals surface area contributed by atoms with E-state index in [1.807, 2.05) is 0 Å². The first-order chi connectivity index (χ1) is 10.1. The maximum atomic E-state index is 5.86. The zero-order valence-electron chi connectivity index (χ0n) is 13.6. The van der Waals surface area contributed by atoms with E-state index < -0.39 is 0 Å². The van der Waals surface area contributed by atoms with E-state index in [0.717, 1.165) is 19.1 Å². The van der Waals surface area contributed by atoms with Crippen molar-refractivity contribution in [2.24, 2.45) is 0 Å². The minimum absolute atomic E-state index is 0.379. The first kappa shape index (κ1) is 14.9. The third-order valence-electron chi connectivity index (χ3n) is 4.83. The van der Waals surface area contributed by atoms with E-state index in [0.29, 0.717) is 12.2 Å². The van der Waals surface area contributed by atoms with Crippen LogP contribution in [0.2, 0.25) is 0 Å². The molecule has 21 heavy (non-hydrogen) atoms. The Kier molecular flexibility index (Phi) is 4.51. The fourth-order valence-electron chi connectivity index (χ4n) is 3.76. The summed E-state index contributed by atoms with van der Waals surface area (Å²) in [6.07, 6.45) is 3.30. The Morgan fingerprint density at radius 2 is 1.52 bits per heavy atom. The van der Waals surface area contributed by atoms with Gasteiger partial charge in [0.15, 0.2) is 0 Å². The van der Waals surface area contributed by atoms with Crippen LogP contribution in [-0.4, -0.2) is 49.3 Å². The molecule has 0 aromatic heterocycles. The van der Waals surface area contributed by atoms with Crippen LogP contribution < -0.4 is 4.90 Å². The molecule has 116 valence electrons. The maximum Gasteiger partial charge on any atom is 0.0678 e. The van der Waals surface area contributed by atoms with Crippen LogP contribution in [0.25, 0.3) is 0 Å². The Morgan fingerprint density at radius 3 is 2.10 bits per heavy atom. The Morgan fingerprint density at radius 1 is 0.952 bits per heavy atom. The molecule has 2 aliphatic rings. The van der Waals surface area contributed by atoms with Crippen molar-refractivity contribution in [1.29, 1.82) is 0 Å². The highest BCUT2D eigenvalue weighted by Gasteiger charge is 2.30. The normalized spacial score (nSPS) is 28.8. The molecule has 3 nitrogen and oxygen atoms in total. The second-order valence-corrected chi connectivity index (χ2v) is 6.76. The number of hydrogen-bond acceptors (Lipinski definition) is 3. The van der Waals surface area contributed by atoms with Crippen molar-refractivity contribution < 1.29 is 4.74 Å². The number of benzene rings is 1. The molecule has 2 atom stereocenters. The standard InChI is InChI=1S/C18H28N2O/c1-14-4-6-17(7-5-14)19-10-8-18(9-11-19)20-12-15(2)21-16(3)13-20/h4-7,15-16,18H,8-13H2,1-3H3/t15-,16+. The Labute approximate surface area is 128 Å². The largest absolute Gasteiger partial charge is 0.373 e. The third kappa shape index (κ3) is 3.58. The van der Waals surface area contributed by atoms with Gasteiger partial charge in [-0.3, -0.25) is 4.90 Å². The molecule has 0 amide bonds. The highest BCUT2D eigenvalue weighted by atomic mass is 16.5. The van der Waals surface area contributed by atoms with Gasteiger partial charge in [0.25, 0.3) is 0 Å². The average molecular weight is 288 g/mol. The Balaban J connectivity index is 1.56. The van der Waals surface area contributed by atoms with E-state index in [1.165, 1.54) is 37.2 Å². The van der Waals surface area contributed by atoms with Gasteiger partial charge in [-0.25, -0.2) is 0 Å². The number of anilines is 1. The summed E-state index contributed by atoms with van der Waals surface area (Å²) in [5.74, 6) is 0. The number of morpholine rings is 1. The molecule has 2 fully saturated rings. The van der Waals surface area contributed by atoms with Crippen molar-refractivity contribution >= 4 is 5.69 Å². The second kappa shape index (κ2) is 6.37. The van der Waals surface area contributed by atoms with Gasteiger partial charge in [-0.2, -0.15) is 0 Å². The third-order valence-corrected chi connectivity index (χ3v) is 4.83. The quantitative estimate of drug-likeness (QED) is 0.832. The molecule has 2 heterocycles. The van der Waals surface area contributed by atoms with Crippen molar-refractivity contribution in [1.82, 2.24) is 4.90 Å². The van der Waals surface area contributed by atoms with Gasteiger partial charge in [0.1, 0.15) is 0 Å². The van der Waals surface area contributed by atoms with E-state index in [4.69, 9.17) is 4.74 Å². The SMILES string of the molecule is Cc1ccc(N2CCC(N3C[C@@H](C)O[C@@H](C)C3)CC2)cc1. The average Bonchev–Trinajstić information content (AvgIpc) is 2.47. The van der Waals surface area contributed by atoms with Crippen LogP contribution in [0.4, 0.5) is 5.69 Å². The van der Waals surface area contributed by atoms with Crippen molar-refractivity contribution in [3.8, 4) is 0 Å². The summed E-state index contributed by atoms with van der Waals surface area (Å²) in [6, 6.07) is 9.68. The molecule has 0 unspecified atom stereocenters. The molecule has 0 radical (unpaired) electrons. The lowest BCUT2D eigenvalue weighted by molar-refractivity contribution is -0.0826. The van der Waals surface area contributed by atoms with E-state index in [2.05, 4.69) is 54.8 Å². The van der Waals surface area contributed by atoms with Crippen LogP contribution in [0.1, 0.15) is 32.3 Å². The minimum atomic E-state index is 0.379. The van der Waals surface area contributed by atoms with Crippen LogP contribution in [-0.2, 0) is 4.74 Å². The van der Waals surface area contributed by atoms with Gasteiger partial charge in [0, 0.05) is 37.9 Å². The molecular weight excluding hydrogens is 260 g/mol. The number of aryl methyl sites for hydroxylation is 1. The van der Waals surface area contributed by atoms with Gasteiger partial charge in [0.2, 0.25) is 0 Å². The van der Waals surface area contributed by atoms with E-state index in [-0.39, 0.29) is 0 Å². The molecular formula is C18H28N2O. The van der Waals surface area contributed by atoms with Crippen LogP contribution in [0.3, 0.4) is 0 Å². The first-order valence-electron chi connectivity index (χ1n) is 8.33. The number of ether oxygens (including phenoxy) is 1. The molecule has 2 saturated heterocycles. The van der Waals surface area contributed by atoms with Crippen molar-refractivity contribution in [2.75, 3.05) is 31.1 Å². The summed E-state index contributed by atoms with van der Waals surface area (Å²) >= 11 is 0. The summed E-state index contributed by atoms with van der Waals surface area (Å²) in [6.45, 7) is 11.1. The van der Waals surface area contributed by atoms with Gasteiger partial charge >= 0.3 is 0 Å². The highest BCUT2D eigenvalue weighted by molar-refractivity contribution is 5.47. The van der Waals surface area contributed by atoms with Gasteiger partial charge in [-0.1, -0.05) is 17.7 Å². The van der Waals surface area contributed by atoms with Gasteiger partial charge in [-0.05, 0) is 45.7 Å². The first-order valence-corrected chi connectivity index (χ1v) is 8.33. The zero-order chi connectivity index (χ0) is 14.8. The predicted molar refractivity (Wildman–Crippen MR) is 88.0 cm³/mol. The maximum absolute atomic E-state index is 5.86. The van der Waals surface area contributed by atoms with Crippen molar-refractivity contribution in [2.45, 2.75) is 51.9 Å². The summed E-state index contributed by atoms with van der Waals surface area (Å²) in [5.41, 5.74) is 2.72. The molecule has 3 rings (SSSR count). The topological polar surface area (TPSA) is 15.7 Å². The smallest absolute Gasteiger partial charge is 0.0678 e. The van der Waals surface area contributed by atoms with Gasteiger partial charge in [-0.15, -0.1) is 0 Å². The summed E-state index contributed by atoms with van der Waals surface area (Å²) in [4.78, 5) is 5.19. The summed E-state index contributed by atoms with van der Waals surface area (Å²) in [7, 11) is 0. The van der Waals surface area contributed by atoms with Crippen LogP contribution in [0.5, 0.6) is 0 Å². The molecule has 2 aliphatic heterocycles. The van der Waals surface area contributed by atoms with Crippen LogP contribution in [0.15, 0.2) is 24.3 Å². The molecule has 3 heteroatoms. The number of nitrogens with zero attached hydrogens (tertiary/aromatic N) is 2. The summed E-state index contributed by atoms with van der Waals surface area (Å²) < 4.78 is 5.86. The van der Waals surface area contributed by atoms with E-state index in [9.17, 15) is 0 Å². The molecule has 0 saturated carbocycles. The molecule has 0 aliphatic carbocycles. The lowest BCUT2D eigenvalue weighted by atomic mass is 10.0. The fourth-order valence-corrected chi connectivity index (χ4v) is 3.76. The molecule has 0 spiro atoms. The predicted octanol–water partition coefficient (Wildman–Crippen LogP) is 3.07. The molecule has 0 N–H and O–H groups in total. The number of piperidine rings is 1. The monoisotopic (exact) mass is 288 g/mol. The fraction of sp³-hybridized carbons (Fsp3) is 0.667. The van der Waals surface area contributed by atoms with Crippen LogP contribution in [0, 0.1) is 6.92 Å². The molecule has 1 aromatic rings. The second-order valence-electron chi connectivity index (χ2n) is 6.76. The van der Waals surface area contributed by atoms with E-state index in [1.54, 1.807) is 0 Å². The van der Waals surface area contributed by atoms with Gasteiger partial charge in [0.05, 0.1) is 12.2 Å². The lowest BCUT2D eigenvalue weighted by Crippen LogP contribution is -2.53. The van der Waals surface area contributed by atoms with E-state index >= 15 is 0 Å². The minimum Gasteiger partial charge on any atom is -0.373 e. The lowest BCUT2D eigenvalue weighted by Gasteiger charge is -2.44. The Hall–Kier alpha value is -1.06. The highest BCUT2D eigenvalue weighted by Crippen LogP contribution is 2.25. The van der Waals surface area contributed by atoms with Crippen molar-refractivity contribution in [3.63, 3.8) is 0 Å². The number of hydrogen-bond donors (Lipinski definition) is 0.